The average Bonchev–Trinajstić information content (AvgIpc) is 2.66. The zero-order valence-electron chi connectivity index (χ0n) is 12.5. The SMILES string of the molecule is Cc1nc(OCC(F)(F)F)sc1[C@@H](C)N[S@@+]([O-])C(C)(C)C. The van der Waals surface area contributed by atoms with E-state index >= 15 is 0 Å². The minimum Gasteiger partial charge on any atom is -0.598 e. The Hall–Kier alpha value is -0.510. The second kappa shape index (κ2) is 6.72. The number of aryl methyl sites for hydroxylation is 1. The molecule has 0 aromatic carbocycles. The van der Waals surface area contributed by atoms with Crippen molar-refractivity contribution in [2.24, 2.45) is 0 Å². The fourth-order valence-electron chi connectivity index (χ4n) is 1.38. The molecule has 0 bridgehead atoms. The van der Waals surface area contributed by atoms with Gasteiger partial charge in [0, 0.05) is 11.4 Å². The lowest BCUT2D eigenvalue weighted by molar-refractivity contribution is -0.153. The van der Waals surface area contributed by atoms with Crippen molar-refractivity contribution in [3.8, 4) is 5.19 Å². The van der Waals surface area contributed by atoms with Gasteiger partial charge in [-0.3, -0.25) is 0 Å². The number of nitrogens with zero attached hydrogens (tertiary/aromatic N) is 1. The van der Waals surface area contributed by atoms with Crippen LogP contribution in [-0.4, -0.2) is 27.1 Å². The molecule has 1 N–H and O–H groups in total. The fraction of sp³-hybridized carbons (Fsp3) is 0.750. The van der Waals surface area contributed by atoms with Gasteiger partial charge in [0.15, 0.2) is 6.61 Å². The summed E-state index contributed by atoms with van der Waals surface area (Å²) in [5.41, 5.74) is 0.572. The van der Waals surface area contributed by atoms with Crippen molar-refractivity contribution in [3.05, 3.63) is 10.6 Å². The number of ether oxygens (including phenoxy) is 1. The number of aromatic nitrogens is 1. The number of nitrogens with one attached hydrogen (secondary N) is 1. The van der Waals surface area contributed by atoms with Crippen molar-refractivity contribution in [1.82, 2.24) is 9.71 Å². The number of hydrogen-bond donors (Lipinski definition) is 1. The molecule has 0 saturated carbocycles. The second-order valence-corrected chi connectivity index (χ2v) is 8.55. The van der Waals surface area contributed by atoms with E-state index in [1.165, 1.54) is 0 Å². The van der Waals surface area contributed by atoms with Crippen LogP contribution in [0.3, 0.4) is 0 Å². The van der Waals surface area contributed by atoms with Crippen molar-refractivity contribution in [2.45, 2.75) is 51.6 Å². The molecule has 0 saturated heterocycles. The first-order valence-electron chi connectivity index (χ1n) is 6.25. The van der Waals surface area contributed by atoms with Crippen LogP contribution >= 0.6 is 11.3 Å². The van der Waals surface area contributed by atoms with Crippen LogP contribution in [-0.2, 0) is 11.4 Å². The highest BCUT2D eigenvalue weighted by atomic mass is 32.2. The van der Waals surface area contributed by atoms with Gasteiger partial charge < -0.3 is 9.29 Å². The zero-order chi connectivity index (χ0) is 16.4. The maximum atomic E-state index is 12.1. The Balaban J connectivity index is 2.73. The Morgan fingerprint density at radius 3 is 2.43 bits per heavy atom. The molecule has 0 aliphatic carbocycles. The quantitative estimate of drug-likeness (QED) is 0.831. The lowest BCUT2D eigenvalue weighted by Crippen LogP contribution is -2.40. The van der Waals surface area contributed by atoms with E-state index in [0.29, 0.717) is 10.6 Å². The summed E-state index contributed by atoms with van der Waals surface area (Å²) in [7, 11) is 0. The first kappa shape index (κ1) is 18.5. The highest BCUT2D eigenvalue weighted by molar-refractivity contribution is 7.90. The molecule has 4 nitrogen and oxygen atoms in total. The van der Waals surface area contributed by atoms with E-state index in [9.17, 15) is 17.7 Å². The Kier molecular flexibility index (Phi) is 5.93. The molecular formula is C12H19F3N2O2S2. The fourth-order valence-corrected chi connectivity index (χ4v) is 3.17. The second-order valence-electron chi connectivity index (χ2n) is 5.55. The number of rotatable bonds is 5. The molecule has 0 aliphatic rings. The van der Waals surface area contributed by atoms with Gasteiger partial charge in [-0.05, 0) is 34.6 Å². The molecule has 21 heavy (non-hydrogen) atoms. The molecule has 1 aromatic heterocycles. The lowest BCUT2D eigenvalue weighted by Gasteiger charge is -2.26. The lowest BCUT2D eigenvalue weighted by atomic mass is 10.2. The van der Waals surface area contributed by atoms with Gasteiger partial charge in [0.2, 0.25) is 0 Å². The third-order valence-electron chi connectivity index (χ3n) is 2.41. The van der Waals surface area contributed by atoms with Crippen molar-refractivity contribution in [1.29, 1.82) is 0 Å². The van der Waals surface area contributed by atoms with Gasteiger partial charge >= 0.3 is 6.18 Å². The van der Waals surface area contributed by atoms with E-state index in [4.69, 9.17) is 0 Å². The minimum atomic E-state index is -4.39. The number of hydrogen-bond acceptors (Lipinski definition) is 5. The molecule has 9 heteroatoms. The molecule has 0 unspecified atom stereocenters. The smallest absolute Gasteiger partial charge is 0.422 e. The van der Waals surface area contributed by atoms with Crippen molar-refractivity contribution >= 4 is 22.7 Å². The molecule has 0 spiro atoms. The van der Waals surface area contributed by atoms with Crippen molar-refractivity contribution in [2.75, 3.05) is 6.61 Å². The predicted octanol–water partition coefficient (Wildman–Crippen LogP) is 3.51. The largest absolute Gasteiger partial charge is 0.598 e. The first-order valence-corrected chi connectivity index (χ1v) is 8.21. The minimum absolute atomic E-state index is 0.0324. The van der Waals surface area contributed by atoms with Crippen LogP contribution in [0.15, 0.2) is 0 Å². The molecule has 1 aromatic rings. The topological polar surface area (TPSA) is 57.2 Å². The summed E-state index contributed by atoms with van der Waals surface area (Å²) in [6.45, 7) is 7.61. The Bertz CT molecular complexity index is 472. The number of halogens is 3. The molecule has 0 fully saturated rings. The Morgan fingerprint density at radius 1 is 1.38 bits per heavy atom. The number of thiazole rings is 1. The van der Waals surface area contributed by atoms with E-state index in [1.807, 2.05) is 20.8 Å². The van der Waals surface area contributed by atoms with Crippen LogP contribution in [0.4, 0.5) is 13.2 Å². The molecule has 0 radical (unpaired) electrons. The molecule has 122 valence electrons. The average molecular weight is 344 g/mol. The third kappa shape index (κ3) is 6.01. The molecule has 0 amide bonds. The van der Waals surface area contributed by atoms with Crippen molar-refractivity contribution < 1.29 is 22.5 Å². The van der Waals surface area contributed by atoms with Gasteiger partial charge in [-0.1, -0.05) is 11.3 Å². The molecular weight excluding hydrogens is 325 g/mol. The van der Waals surface area contributed by atoms with Gasteiger partial charge in [-0.15, -0.1) is 4.72 Å². The highest BCUT2D eigenvalue weighted by Gasteiger charge is 2.31. The van der Waals surface area contributed by atoms with E-state index < -0.39 is 28.9 Å². The van der Waals surface area contributed by atoms with Crippen LogP contribution in [0, 0.1) is 6.92 Å². The van der Waals surface area contributed by atoms with Gasteiger partial charge in [-0.2, -0.15) is 13.2 Å². The summed E-state index contributed by atoms with van der Waals surface area (Å²) in [6, 6.07) is -0.286. The van der Waals surface area contributed by atoms with Crippen LogP contribution in [0.1, 0.15) is 44.3 Å². The van der Waals surface area contributed by atoms with Crippen LogP contribution < -0.4 is 9.46 Å². The summed E-state index contributed by atoms with van der Waals surface area (Å²) in [6.07, 6.45) is -4.39. The maximum absolute atomic E-state index is 12.1. The zero-order valence-corrected chi connectivity index (χ0v) is 14.1. The summed E-state index contributed by atoms with van der Waals surface area (Å²) in [5, 5.41) is -0.0324. The predicted molar refractivity (Wildman–Crippen MR) is 77.8 cm³/mol. The summed E-state index contributed by atoms with van der Waals surface area (Å²) >= 11 is -0.246. The molecule has 1 rings (SSSR count). The van der Waals surface area contributed by atoms with E-state index in [1.54, 1.807) is 13.8 Å². The first-order chi connectivity index (χ1) is 9.40. The molecule has 0 aliphatic heterocycles. The van der Waals surface area contributed by atoms with E-state index in [-0.39, 0.29) is 11.2 Å². The summed E-state index contributed by atoms with van der Waals surface area (Å²) in [5.74, 6) is 0. The monoisotopic (exact) mass is 344 g/mol. The van der Waals surface area contributed by atoms with E-state index in [0.717, 1.165) is 11.3 Å². The van der Waals surface area contributed by atoms with E-state index in [2.05, 4.69) is 14.4 Å². The normalized spacial score (nSPS) is 15.9. The van der Waals surface area contributed by atoms with Gasteiger partial charge in [0.25, 0.3) is 5.19 Å². The molecule has 1 heterocycles. The van der Waals surface area contributed by atoms with Gasteiger partial charge in [0.05, 0.1) is 16.6 Å². The van der Waals surface area contributed by atoms with Crippen molar-refractivity contribution in [3.63, 3.8) is 0 Å². The van der Waals surface area contributed by atoms with Crippen LogP contribution in [0.25, 0.3) is 0 Å². The molecule has 2 atom stereocenters. The number of alkyl halides is 3. The summed E-state index contributed by atoms with van der Waals surface area (Å²) in [4.78, 5) is 4.67. The standard InChI is InChI=1S/C12H19F3N2O2S2/c1-7-9(8(2)17-21(18)11(3,4)5)20-10(16-7)19-6-12(13,14)15/h8,17H,6H2,1-5H3/t8-,21+/m1/s1. The maximum Gasteiger partial charge on any atom is 0.422 e. The van der Waals surface area contributed by atoms with Crippen LogP contribution in [0.5, 0.6) is 5.19 Å². The Labute approximate surface area is 129 Å². The van der Waals surface area contributed by atoms with Crippen LogP contribution in [0.2, 0.25) is 0 Å². The Morgan fingerprint density at radius 2 is 1.95 bits per heavy atom. The third-order valence-corrected chi connectivity index (χ3v) is 5.34. The highest BCUT2D eigenvalue weighted by Crippen LogP contribution is 2.32. The van der Waals surface area contributed by atoms with Gasteiger partial charge in [-0.25, -0.2) is 4.98 Å². The summed E-state index contributed by atoms with van der Waals surface area (Å²) < 4.78 is 55.5. The van der Waals surface area contributed by atoms with Gasteiger partial charge in [0.1, 0.15) is 4.75 Å².